The Bertz CT molecular complexity index is 1150. The highest BCUT2D eigenvalue weighted by Crippen LogP contribution is 2.28. The van der Waals surface area contributed by atoms with Gasteiger partial charge in [0.15, 0.2) is 11.6 Å². The predicted molar refractivity (Wildman–Crippen MR) is 115 cm³/mol. The first-order valence-corrected chi connectivity index (χ1v) is 9.79. The molecule has 1 atom stereocenters. The normalized spacial score (nSPS) is 12.2. The number of anilines is 4. The van der Waals surface area contributed by atoms with E-state index in [0.717, 1.165) is 17.0 Å². The lowest BCUT2D eigenvalue weighted by Gasteiger charge is -2.27. The van der Waals surface area contributed by atoms with Crippen LogP contribution in [0.4, 0.5) is 45.5 Å². The second-order valence-corrected chi connectivity index (χ2v) is 7.72. The van der Waals surface area contributed by atoms with E-state index in [0.29, 0.717) is 12.1 Å². The first-order chi connectivity index (χ1) is 15.5. The highest BCUT2D eigenvalue weighted by atomic mass is 19.2. The smallest absolute Gasteiger partial charge is 0.332 e. The lowest BCUT2D eigenvalue weighted by molar-refractivity contribution is 0.0646. The molecule has 2 amide bonds. The van der Waals surface area contributed by atoms with Crippen molar-refractivity contribution in [3.05, 3.63) is 71.9 Å². The first-order valence-electron chi connectivity index (χ1n) is 9.79. The predicted octanol–water partition coefficient (Wildman–Crippen LogP) is 4.97. The largest absolute Gasteiger partial charge is 0.388 e. The molecule has 0 bridgehead atoms. The second kappa shape index (κ2) is 9.41. The molecule has 1 heterocycles. The van der Waals surface area contributed by atoms with Crippen molar-refractivity contribution in [3.63, 3.8) is 0 Å². The Hall–Kier alpha value is -3.73. The molecule has 3 N–H and O–H groups in total. The van der Waals surface area contributed by atoms with Gasteiger partial charge in [0.2, 0.25) is 5.95 Å². The van der Waals surface area contributed by atoms with Gasteiger partial charge in [0.1, 0.15) is 23.1 Å². The molecule has 0 saturated heterocycles. The van der Waals surface area contributed by atoms with Crippen LogP contribution in [-0.4, -0.2) is 32.7 Å². The number of aliphatic hydroxyl groups is 1. The van der Waals surface area contributed by atoms with Crippen LogP contribution in [0.2, 0.25) is 0 Å². The maximum Gasteiger partial charge on any atom is 0.332 e. The van der Waals surface area contributed by atoms with Crippen LogP contribution in [0, 0.1) is 23.3 Å². The van der Waals surface area contributed by atoms with E-state index in [4.69, 9.17) is 0 Å². The van der Waals surface area contributed by atoms with Gasteiger partial charge in [0.25, 0.3) is 0 Å². The summed E-state index contributed by atoms with van der Waals surface area (Å²) in [6.45, 7) is 4.85. The van der Waals surface area contributed by atoms with Gasteiger partial charge in [0.05, 0.1) is 17.3 Å². The van der Waals surface area contributed by atoms with Crippen molar-refractivity contribution in [3.8, 4) is 0 Å². The molecule has 0 fully saturated rings. The summed E-state index contributed by atoms with van der Waals surface area (Å²) in [7, 11) is 0. The van der Waals surface area contributed by atoms with Crippen molar-refractivity contribution < 1.29 is 27.5 Å². The van der Waals surface area contributed by atoms with Gasteiger partial charge in [-0.2, -0.15) is 4.98 Å². The SMILES string of the molecule is C[C@H](Nc1nccc(N(C(=O)Nc2c(F)ccc(F)c2F)c2ccc(F)cc2)n1)C(C)(C)O. The summed E-state index contributed by atoms with van der Waals surface area (Å²) in [4.78, 5) is 22.2. The molecule has 0 aliphatic heterocycles. The highest BCUT2D eigenvalue weighted by molar-refractivity contribution is 6.06. The zero-order chi connectivity index (χ0) is 24.3. The molecule has 0 radical (unpaired) electrons. The third-order valence-electron chi connectivity index (χ3n) is 4.84. The van der Waals surface area contributed by atoms with Crippen LogP contribution in [0.25, 0.3) is 0 Å². The number of carbonyl (C=O) groups is 1. The van der Waals surface area contributed by atoms with Gasteiger partial charge in [0, 0.05) is 12.3 Å². The molecule has 0 spiro atoms. The van der Waals surface area contributed by atoms with Crippen LogP contribution in [0.1, 0.15) is 20.8 Å². The van der Waals surface area contributed by atoms with Crippen molar-refractivity contribution in [1.29, 1.82) is 0 Å². The number of benzene rings is 2. The van der Waals surface area contributed by atoms with Gasteiger partial charge >= 0.3 is 6.03 Å². The summed E-state index contributed by atoms with van der Waals surface area (Å²) in [5.41, 5.74) is -2.01. The molecule has 174 valence electrons. The maximum absolute atomic E-state index is 14.1. The minimum absolute atomic E-state index is 0.0447. The third kappa shape index (κ3) is 5.55. The molecular weight excluding hydrogens is 442 g/mol. The number of aromatic nitrogens is 2. The first kappa shape index (κ1) is 23.9. The number of nitrogens with one attached hydrogen (secondary N) is 2. The summed E-state index contributed by atoms with van der Waals surface area (Å²) in [5.74, 6) is -4.70. The zero-order valence-corrected chi connectivity index (χ0v) is 17.9. The molecule has 1 aromatic heterocycles. The van der Waals surface area contributed by atoms with Gasteiger partial charge in [-0.3, -0.25) is 0 Å². The lowest BCUT2D eigenvalue weighted by Crippen LogP contribution is -2.40. The van der Waals surface area contributed by atoms with E-state index in [1.807, 2.05) is 5.32 Å². The average molecular weight is 463 g/mol. The Labute approximate surface area is 187 Å². The molecule has 11 heteroatoms. The number of amides is 2. The summed E-state index contributed by atoms with van der Waals surface area (Å²) in [6.07, 6.45) is 1.31. The number of rotatable bonds is 6. The van der Waals surface area contributed by atoms with E-state index in [9.17, 15) is 27.5 Å². The van der Waals surface area contributed by atoms with Gasteiger partial charge in [-0.1, -0.05) is 0 Å². The van der Waals surface area contributed by atoms with Crippen LogP contribution in [0.15, 0.2) is 48.7 Å². The minimum atomic E-state index is -1.58. The zero-order valence-electron chi connectivity index (χ0n) is 17.9. The molecule has 2 aromatic carbocycles. The van der Waals surface area contributed by atoms with Crippen LogP contribution in [-0.2, 0) is 0 Å². The molecule has 3 rings (SSSR count). The van der Waals surface area contributed by atoms with E-state index in [1.165, 1.54) is 24.4 Å². The van der Waals surface area contributed by atoms with Crippen LogP contribution in [0.5, 0.6) is 0 Å². The molecule has 0 unspecified atom stereocenters. The van der Waals surface area contributed by atoms with Gasteiger partial charge in [-0.05, 0) is 57.2 Å². The molecule has 3 aromatic rings. The molecular formula is C22H21F4N5O2. The lowest BCUT2D eigenvalue weighted by atomic mass is 10.0. The Morgan fingerprint density at radius 3 is 2.30 bits per heavy atom. The van der Waals surface area contributed by atoms with Crippen molar-refractivity contribution >= 4 is 29.2 Å². The van der Waals surface area contributed by atoms with Gasteiger partial charge in [-0.25, -0.2) is 32.2 Å². The summed E-state index contributed by atoms with van der Waals surface area (Å²) in [6, 6.07) is 5.67. The maximum atomic E-state index is 14.1. The van der Waals surface area contributed by atoms with E-state index >= 15 is 0 Å². The van der Waals surface area contributed by atoms with Gasteiger partial charge in [-0.15, -0.1) is 0 Å². The molecule has 7 nitrogen and oxygen atoms in total. The summed E-state index contributed by atoms with van der Waals surface area (Å²) < 4.78 is 55.2. The van der Waals surface area contributed by atoms with Crippen LogP contribution in [0.3, 0.4) is 0 Å². The molecule has 0 saturated carbocycles. The number of hydrogen-bond donors (Lipinski definition) is 3. The van der Waals surface area contributed by atoms with Crippen molar-refractivity contribution in [2.45, 2.75) is 32.4 Å². The van der Waals surface area contributed by atoms with E-state index in [-0.39, 0.29) is 17.5 Å². The van der Waals surface area contributed by atoms with Crippen LogP contribution < -0.4 is 15.5 Å². The number of nitrogens with zero attached hydrogens (tertiary/aromatic N) is 3. The second-order valence-electron chi connectivity index (χ2n) is 7.72. The third-order valence-corrected chi connectivity index (χ3v) is 4.84. The topological polar surface area (TPSA) is 90.4 Å². The van der Waals surface area contributed by atoms with Crippen molar-refractivity contribution in [2.24, 2.45) is 0 Å². The Kier molecular flexibility index (Phi) is 6.82. The molecule has 33 heavy (non-hydrogen) atoms. The minimum Gasteiger partial charge on any atom is -0.388 e. The van der Waals surface area contributed by atoms with Gasteiger partial charge < -0.3 is 15.7 Å². The monoisotopic (exact) mass is 463 g/mol. The number of carbonyl (C=O) groups excluding carboxylic acids is 1. The number of urea groups is 1. The Morgan fingerprint density at radius 2 is 1.67 bits per heavy atom. The molecule has 0 aliphatic carbocycles. The number of hydrogen-bond acceptors (Lipinski definition) is 5. The van der Waals surface area contributed by atoms with E-state index in [1.54, 1.807) is 20.8 Å². The van der Waals surface area contributed by atoms with Crippen molar-refractivity contribution in [1.82, 2.24) is 9.97 Å². The van der Waals surface area contributed by atoms with E-state index < -0.39 is 46.6 Å². The fourth-order valence-corrected chi connectivity index (χ4v) is 2.66. The Morgan fingerprint density at radius 1 is 1.03 bits per heavy atom. The fourth-order valence-electron chi connectivity index (χ4n) is 2.66. The standard InChI is InChI=1S/C22H21F4N5O2/c1-12(22(2,3)33)28-20-27-11-10-17(29-20)31(14-6-4-13(23)5-7-14)21(32)30-19-16(25)9-8-15(24)18(19)26/h4-12,33H,1-3H3,(H,30,32)(H,27,28,29)/t12-/m0/s1. The quantitative estimate of drug-likeness (QED) is 0.355. The Balaban J connectivity index is 2.01. The highest BCUT2D eigenvalue weighted by Gasteiger charge is 2.26. The molecule has 0 aliphatic rings. The summed E-state index contributed by atoms with van der Waals surface area (Å²) >= 11 is 0. The fraction of sp³-hybridized carbons (Fsp3) is 0.227. The van der Waals surface area contributed by atoms with Crippen molar-refractivity contribution in [2.75, 3.05) is 15.5 Å². The number of halogens is 4. The van der Waals surface area contributed by atoms with Crippen LogP contribution >= 0.6 is 0 Å². The van der Waals surface area contributed by atoms with E-state index in [2.05, 4.69) is 15.3 Å². The summed E-state index contributed by atoms with van der Waals surface area (Å²) in [5, 5.41) is 15.0. The average Bonchev–Trinajstić information content (AvgIpc) is 2.75.